The highest BCUT2D eigenvalue weighted by molar-refractivity contribution is 5.79. The van der Waals surface area contributed by atoms with Crippen LogP contribution in [0.4, 0.5) is 0 Å². The fourth-order valence-electron chi connectivity index (χ4n) is 1.78. The first kappa shape index (κ1) is 15.5. The van der Waals surface area contributed by atoms with Crippen molar-refractivity contribution in [2.75, 3.05) is 13.6 Å². The first-order valence-electron chi connectivity index (χ1n) is 7.12. The van der Waals surface area contributed by atoms with Gasteiger partial charge in [0.05, 0.1) is 0 Å². The van der Waals surface area contributed by atoms with Crippen molar-refractivity contribution in [3.05, 3.63) is 18.2 Å². The Morgan fingerprint density at radius 1 is 1.47 bits per heavy atom. The summed E-state index contributed by atoms with van der Waals surface area (Å²) < 4.78 is 2.19. The molecular formula is C14H27N5. The predicted octanol–water partition coefficient (Wildman–Crippen LogP) is 1.94. The van der Waals surface area contributed by atoms with Gasteiger partial charge in [0.2, 0.25) is 0 Å². The number of hydrogen-bond donors (Lipinski definition) is 2. The van der Waals surface area contributed by atoms with E-state index in [-0.39, 0.29) is 0 Å². The number of rotatable bonds is 7. The number of aromatic nitrogens is 2. The molecule has 108 valence electrons. The molecule has 1 unspecified atom stereocenters. The zero-order chi connectivity index (χ0) is 14.1. The van der Waals surface area contributed by atoms with Gasteiger partial charge >= 0.3 is 0 Å². The fraction of sp³-hybridized carbons (Fsp3) is 0.714. The van der Waals surface area contributed by atoms with Gasteiger partial charge in [-0.25, -0.2) is 4.98 Å². The van der Waals surface area contributed by atoms with Crippen LogP contribution in [-0.4, -0.2) is 35.1 Å². The molecule has 0 bridgehead atoms. The highest BCUT2D eigenvalue weighted by Crippen LogP contribution is 1.99. The van der Waals surface area contributed by atoms with Gasteiger partial charge in [0.25, 0.3) is 0 Å². The summed E-state index contributed by atoms with van der Waals surface area (Å²) in [5, 5.41) is 6.70. The number of hydrogen-bond acceptors (Lipinski definition) is 2. The quantitative estimate of drug-likeness (QED) is 0.450. The third kappa shape index (κ3) is 5.77. The van der Waals surface area contributed by atoms with Gasteiger partial charge in [-0.05, 0) is 33.1 Å². The van der Waals surface area contributed by atoms with E-state index in [1.165, 1.54) is 0 Å². The van der Waals surface area contributed by atoms with Gasteiger partial charge in [-0.2, -0.15) is 0 Å². The molecule has 1 rings (SSSR count). The summed E-state index contributed by atoms with van der Waals surface area (Å²) in [4.78, 5) is 8.43. The summed E-state index contributed by atoms with van der Waals surface area (Å²) in [5.74, 6) is 1.98. The summed E-state index contributed by atoms with van der Waals surface area (Å²) >= 11 is 0. The smallest absolute Gasteiger partial charge is 0.191 e. The lowest BCUT2D eigenvalue weighted by molar-refractivity contribution is 0.580. The Morgan fingerprint density at radius 2 is 2.26 bits per heavy atom. The molecule has 5 heteroatoms. The molecule has 0 fully saturated rings. The number of aryl methyl sites for hydroxylation is 2. The van der Waals surface area contributed by atoms with E-state index in [4.69, 9.17) is 0 Å². The lowest BCUT2D eigenvalue weighted by Gasteiger charge is -2.16. The molecule has 2 N–H and O–H groups in total. The lowest BCUT2D eigenvalue weighted by Crippen LogP contribution is -2.42. The molecule has 0 aliphatic rings. The summed E-state index contributed by atoms with van der Waals surface area (Å²) in [6, 6.07) is 0.458. The number of aliphatic imine (C=N–C) groups is 1. The summed E-state index contributed by atoms with van der Waals surface area (Å²) in [5.41, 5.74) is 0. The molecule has 0 saturated carbocycles. The fourth-order valence-corrected chi connectivity index (χ4v) is 1.78. The Hall–Kier alpha value is -1.52. The summed E-state index contributed by atoms with van der Waals surface area (Å²) in [7, 11) is 1.81. The normalized spacial score (nSPS) is 13.4. The number of unbranched alkanes of at least 4 members (excludes halogenated alkanes) is 1. The van der Waals surface area contributed by atoms with Crippen LogP contribution in [0.2, 0.25) is 0 Å². The Labute approximate surface area is 116 Å². The highest BCUT2D eigenvalue weighted by Gasteiger charge is 2.02. The van der Waals surface area contributed by atoms with Crippen LogP contribution in [0.15, 0.2) is 17.4 Å². The molecule has 1 aromatic heterocycles. The van der Waals surface area contributed by atoms with Crippen molar-refractivity contribution in [2.24, 2.45) is 4.99 Å². The van der Waals surface area contributed by atoms with Crippen molar-refractivity contribution in [1.29, 1.82) is 0 Å². The molecule has 1 atom stereocenters. The SMILES string of the molecule is CCC(C)NC(=NC)NCCCCn1ccnc1C. The molecule has 0 amide bonds. The maximum absolute atomic E-state index is 4.22. The largest absolute Gasteiger partial charge is 0.356 e. The zero-order valence-corrected chi connectivity index (χ0v) is 12.6. The van der Waals surface area contributed by atoms with Crippen molar-refractivity contribution >= 4 is 5.96 Å². The summed E-state index contributed by atoms with van der Waals surface area (Å²) in [6.07, 6.45) is 7.25. The van der Waals surface area contributed by atoms with Crippen LogP contribution in [0.3, 0.4) is 0 Å². The third-order valence-electron chi connectivity index (χ3n) is 3.26. The van der Waals surface area contributed by atoms with E-state index in [1.807, 2.05) is 26.4 Å². The lowest BCUT2D eigenvalue weighted by atomic mass is 10.3. The minimum Gasteiger partial charge on any atom is -0.356 e. The van der Waals surface area contributed by atoms with E-state index in [0.717, 1.165) is 44.1 Å². The molecule has 1 heterocycles. The Balaban J connectivity index is 2.14. The van der Waals surface area contributed by atoms with Crippen LogP contribution in [0, 0.1) is 6.92 Å². The van der Waals surface area contributed by atoms with Gasteiger partial charge < -0.3 is 15.2 Å². The van der Waals surface area contributed by atoms with Crippen molar-refractivity contribution < 1.29 is 0 Å². The molecule has 5 nitrogen and oxygen atoms in total. The van der Waals surface area contributed by atoms with E-state index in [0.29, 0.717) is 6.04 Å². The molecule has 19 heavy (non-hydrogen) atoms. The van der Waals surface area contributed by atoms with Crippen molar-refractivity contribution in [3.63, 3.8) is 0 Å². The maximum Gasteiger partial charge on any atom is 0.191 e. The first-order valence-corrected chi connectivity index (χ1v) is 7.12. The van der Waals surface area contributed by atoms with Crippen molar-refractivity contribution in [3.8, 4) is 0 Å². The molecule has 0 aromatic carbocycles. The highest BCUT2D eigenvalue weighted by atomic mass is 15.2. The molecule has 0 aliphatic carbocycles. The zero-order valence-electron chi connectivity index (χ0n) is 12.6. The molecule has 0 radical (unpaired) electrons. The average molecular weight is 265 g/mol. The van der Waals surface area contributed by atoms with Gasteiger partial charge in [-0.1, -0.05) is 6.92 Å². The van der Waals surface area contributed by atoms with E-state index in [9.17, 15) is 0 Å². The molecular weight excluding hydrogens is 238 g/mol. The van der Waals surface area contributed by atoms with Crippen molar-refractivity contribution in [2.45, 2.75) is 52.6 Å². The molecule has 0 spiro atoms. The van der Waals surface area contributed by atoms with Gasteiger partial charge in [0.15, 0.2) is 5.96 Å². The monoisotopic (exact) mass is 265 g/mol. The Kier molecular flexibility index (Phi) is 7.00. The first-order chi connectivity index (χ1) is 9.17. The standard InChI is InChI=1S/C14H27N5/c1-5-12(2)18-14(15-4)17-8-6-7-10-19-11-9-16-13(19)3/h9,11-12H,5-8,10H2,1-4H3,(H2,15,17,18). The van der Waals surface area contributed by atoms with Crippen molar-refractivity contribution in [1.82, 2.24) is 20.2 Å². The second-order valence-electron chi connectivity index (χ2n) is 4.83. The molecule has 0 aliphatic heterocycles. The second kappa shape index (κ2) is 8.56. The minimum absolute atomic E-state index is 0.458. The van der Waals surface area contributed by atoms with Gasteiger partial charge in [0.1, 0.15) is 5.82 Å². The van der Waals surface area contributed by atoms with Gasteiger partial charge in [0, 0.05) is 38.6 Å². The number of nitrogens with one attached hydrogen (secondary N) is 2. The average Bonchev–Trinajstić information content (AvgIpc) is 2.82. The number of nitrogens with zero attached hydrogens (tertiary/aromatic N) is 3. The molecule has 1 aromatic rings. The maximum atomic E-state index is 4.22. The van der Waals surface area contributed by atoms with E-state index in [2.05, 4.69) is 39.0 Å². The minimum atomic E-state index is 0.458. The van der Waals surface area contributed by atoms with E-state index in [1.54, 1.807) is 0 Å². The number of guanidine groups is 1. The van der Waals surface area contributed by atoms with Gasteiger partial charge in [-0.15, -0.1) is 0 Å². The van der Waals surface area contributed by atoms with Crippen LogP contribution in [-0.2, 0) is 6.54 Å². The van der Waals surface area contributed by atoms with E-state index < -0.39 is 0 Å². The number of imidazole rings is 1. The van der Waals surface area contributed by atoms with Crippen LogP contribution in [0.1, 0.15) is 38.9 Å². The predicted molar refractivity (Wildman–Crippen MR) is 80.4 cm³/mol. The van der Waals surface area contributed by atoms with E-state index >= 15 is 0 Å². The second-order valence-corrected chi connectivity index (χ2v) is 4.83. The van der Waals surface area contributed by atoms with Crippen LogP contribution >= 0.6 is 0 Å². The summed E-state index contributed by atoms with van der Waals surface area (Å²) in [6.45, 7) is 8.35. The van der Waals surface area contributed by atoms with Crippen LogP contribution < -0.4 is 10.6 Å². The van der Waals surface area contributed by atoms with Gasteiger partial charge in [-0.3, -0.25) is 4.99 Å². The van der Waals surface area contributed by atoms with Crippen LogP contribution in [0.5, 0.6) is 0 Å². The Morgan fingerprint density at radius 3 is 2.84 bits per heavy atom. The van der Waals surface area contributed by atoms with Crippen LogP contribution in [0.25, 0.3) is 0 Å². The molecule has 0 saturated heterocycles. The Bertz CT molecular complexity index is 383. The topological polar surface area (TPSA) is 54.2 Å². The third-order valence-corrected chi connectivity index (χ3v) is 3.26.